The molecule has 6 heteroatoms. The van der Waals surface area contributed by atoms with Crippen molar-refractivity contribution in [1.82, 2.24) is 0 Å². The Morgan fingerprint density at radius 1 is 1.53 bits per heavy atom. The van der Waals surface area contributed by atoms with E-state index < -0.39 is 26.5 Å². The lowest BCUT2D eigenvalue weighted by Gasteiger charge is -2.00. The average Bonchev–Trinajstić information content (AvgIpc) is 2.86. The van der Waals surface area contributed by atoms with E-state index in [0.29, 0.717) is 10.6 Å². The smallest absolute Gasteiger partial charge is 0.153 e. The first-order valence-electron chi connectivity index (χ1n) is 4.95. The van der Waals surface area contributed by atoms with Gasteiger partial charge in [0.2, 0.25) is 0 Å². The summed E-state index contributed by atoms with van der Waals surface area (Å²) in [5.74, 6) is -0.499. The summed E-state index contributed by atoms with van der Waals surface area (Å²) in [7, 11) is -3.35. The van der Waals surface area contributed by atoms with Gasteiger partial charge in [-0.25, -0.2) is 8.42 Å². The molecule has 0 bridgehead atoms. The minimum Gasteiger partial charge on any atom is -0.312 e. The third kappa shape index (κ3) is 1.93. The molecule has 0 spiro atoms. The monoisotopic (exact) mass is 270 g/mol. The molecule has 0 aromatic heterocycles. The highest BCUT2D eigenvalue weighted by Gasteiger charge is 2.69. The van der Waals surface area contributed by atoms with Gasteiger partial charge in [0.1, 0.15) is 10.8 Å². The van der Waals surface area contributed by atoms with Gasteiger partial charge < -0.3 is 5.73 Å². The molecular weight excluding hydrogens is 260 g/mol. The van der Waals surface area contributed by atoms with E-state index in [1.165, 1.54) is 0 Å². The summed E-state index contributed by atoms with van der Waals surface area (Å²) in [5, 5.41) is 8.68. The number of rotatable bonds is 2. The van der Waals surface area contributed by atoms with E-state index in [2.05, 4.69) is 0 Å². The number of halogens is 1. The number of nitriles is 1. The van der Waals surface area contributed by atoms with Gasteiger partial charge >= 0.3 is 0 Å². The van der Waals surface area contributed by atoms with E-state index in [1.54, 1.807) is 24.3 Å². The zero-order valence-electron chi connectivity index (χ0n) is 9.09. The molecule has 2 N–H and O–H groups in total. The van der Waals surface area contributed by atoms with Crippen molar-refractivity contribution in [3.8, 4) is 6.07 Å². The van der Waals surface area contributed by atoms with E-state index in [9.17, 15) is 8.42 Å². The zero-order valence-corrected chi connectivity index (χ0v) is 10.7. The quantitative estimate of drug-likeness (QED) is 0.871. The molecule has 1 aliphatic carbocycles. The number of sulfone groups is 1. The van der Waals surface area contributed by atoms with Crippen LogP contribution in [0, 0.1) is 11.3 Å². The summed E-state index contributed by atoms with van der Waals surface area (Å²) in [4.78, 5) is 0. The molecular formula is C11H11ClN2O2S. The molecule has 1 aromatic carbocycles. The van der Waals surface area contributed by atoms with Crippen molar-refractivity contribution < 1.29 is 8.42 Å². The standard InChI is InChI=1S/C11H11ClN2O2S/c1-17(15,16)10-9(11(10,14)6-13)7-3-2-4-8(12)5-7/h2-5,9-10H,14H2,1H3. The van der Waals surface area contributed by atoms with Crippen LogP contribution in [0.1, 0.15) is 11.5 Å². The van der Waals surface area contributed by atoms with Crippen LogP contribution in [0.15, 0.2) is 24.3 Å². The molecule has 4 nitrogen and oxygen atoms in total. The Morgan fingerprint density at radius 3 is 2.59 bits per heavy atom. The molecule has 0 heterocycles. The highest BCUT2D eigenvalue weighted by molar-refractivity contribution is 7.91. The average molecular weight is 271 g/mol. The molecule has 0 amide bonds. The molecule has 2 rings (SSSR count). The summed E-state index contributed by atoms with van der Waals surface area (Å²) in [6.07, 6.45) is 1.10. The molecule has 1 saturated carbocycles. The Morgan fingerprint density at radius 2 is 2.18 bits per heavy atom. The van der Waals surface area contributed by atoms with Crippen LogP contribution in [0.3, 0.4) is 0 Å². The first-order valence-corrected chi connectivity index (χ1v) is 7.28. The molecule has 0 aliphatic heterocycles. The lowest BCUT2D eigenvalue weighted by molar-refractivity contribution is 0.597. The Hall–Kier alpha value is -1.09. The minimum absolute atomic E-state index is 0.499. The number of hydrogen-bond donors (Lipinski definition) is 1. The van der Waals surface area contributed by atoms with Crippen molar-refractivity contribution in [1.29, 1.82) is 5.26 Å². The molecule has 1 aromatic rings. The summed E-state index contributed by atoms with van der Waals surface area (Å²) in [6.45, 7) is 0. The third-order valence-electron chi connectivity index (χ3n) is 3.04. The predicted molar refractivity (Wildman–Crippen MR) is 65.4 cm³/mol. The summed E-state index contributed by atoms with van der Waals surface area (Å²) >= 11 is 5.84. The number of nitrogens with two attached hydrogens (primary N) is 1. The third-order valence-corrected chi connectivity index (χ3v) is 4.86. The highest BCUT2D eigenvalue weighted by atomic mass is 35.5. The minimum atomic E-state index is -3.35. The van der Waals surface area contributed by atoms with Gasteiger partial charge in [-0.05, 0) is 17.7 Å². The van der Waals surface area contributed by atoms with Gasteiger partial charge in [-0.3, -0.25) is 0 Å². The van der Waals surface area contributed by atoms with E-state index in [-0.39, 0.29) is 0 Å². The molecule has 3 atom stereocenters. The van der Waals surface area contributed by atoms with Gasteiger partial charge in [-0.2, -0.15) is 5.26 Å². The van der Waals surface area contributed by atoms with E-state index in [1.807, 2.05) is 6.07 Å². The second-order valence-electron chi connectivity index (χ2n) is 4.33. The van der Waals surface area contributed by atoms with Gasteiger partial charge in [-0.1, -0.05) is 23.7 Å². The second kappa shape index (κ2) is 3.70. The lowest BCUT2D eigenvalue weighted by atomic mass is 10.1. The van der Waals surface area contributed by atoms with Crippen LogP contribution in [0.5, 0.6) is 0 Å². The fourth-order valence-corrected chi connectivity index (χ4v) is 4.16. The highest BCUT2D eigenvalue weighted by Crippen LogP contribution is 2.53. The molecule has 17 heavy (non-hydrogen) atoms. The summed E-state index contributed by atoms with van der Waals surface area (Å²) in [5.41, 5.74) is 5.18. The topological polar surface area (TPSA) is 83.9 Å². The van der Waals surface area contributed by atoms with E-state index in [4.69, 9.17) is 22.6 Å². The van der Waals surface area contributed by atoms with Crippen LogP contribution < -0.4 is 5.73 Å². The van der Waals surface area contributed by atoms with Crippen LogP contribution in [0.25, 0.3) is 0 Å². The number of nitrogens with zero attached hydrogens (tertiary/aromatic N) is 1. The Kier molecular flexibility index (Phi) is 2.69. The summed E-state index contributed by atoms with van der Waals surface area (Å²) in [6, 6.07) is 8.68. The summed E-state index contributed by atoms with van der Waals surface area (Å²) < 4.78 is 23.1. The predicted octanol–water partition coefficient (Wildman–Crippen LogP) is 1.07. The molecule has 3 unspecified atom stereocenters. The SMILES string of the molecule is CS(=O)(=O)C1C(c2cccc(Cl)c2)C1(N)C#N. The van der Waals surface area contributed by atoms with Crippen molar-refractivity contribution in [3.63, 3.8) is 0 Å². The van der Waals surface area contributed by atoms with Crippen LogP contribution >= 0.6 is 11.6 Å². The number of benzene rings is 1. The fourth-order valence-electron chi connectivity index (χ4n) is 2.26. The maximum Gasteiger partial charge on any atom is 0.153 e. The van der Waals surface area contributed by atoms with Crippen LogP contribution in [0.2, 0.25) is 5.02 Å². The lowest BCUT2D eigenvalue weighted by Crippen LogP contribution is -2.28. The molecule has 1 aliphatic rings. The molecule has 90 valence electrons. The van der Waals surface area contributed by atoms with Crippen molar-refractivity contribution in [2.45, 2.75) is 16.7 Å². The van der Waals surface area contributed by atoms with Crippen LogP contribution in [-0.2, 0) is 9.84 Å². The molecule has 1 fully saturated rings. The largest absolute Gasteiger partial charge is 0.312 e. The Labute approximate surface area is 105 Å². The molecule has 0 saturated heterocycles. The van der Waals surface area contributed by atoms with Gasteiger partial charge in [0.15, 0.2) is 9.84 Å². The zero-order chi connectivity index (χ0) is 12.8. The van der Waals surface area contributed by atoms with Crippen LogP contribution in [0.4, 0.5) is 0 Å². The normalized spacial score (nSPS) is 31.9. The number of hydrogen-bond acceptors (Lipinski definition) is 4. The van der Waals surface area contributed by atoms with Gasteiger partial charge in [-0.15, -0.1) is 0 Å². The maximum atomic E-state index is 11.6. The fraction of sp³-hybridized carbons (Fsp3) is 0.364. The second-order valence-corrected chi connectivity index (χ2v) is 6.93. The van der Waals surface area contributed by atoms with Crippen molar-refractivity contribution >= 4 is 21.4 Å². The molecule has 0 radical (unpaired) electrons. The van der Waals surface area contributed by atoms with Gasteiger partial charge in [0, 0.05) is 17.2 Å². The first kappa shape index (κ1) is 12.4. The van der Waals surface area contributed by atoms with E-state index >= 15 is 0 Å². The Bertz CT molecular complexity index is 608. The Balaban J connectivity index is 2.46. The van der Waals surface area contributed by atoms with Gasteiger partial charge in [0.05, 0.1) is 6.07 Å². The van der Waals surface area contributed by atoms with Crippen molar-refractivity contribution in [2.24, 2.45) is 5.73 Å². The van der Waals surface area contributed by atoms with Crippen molar-refractivity contribution in [3.05, 3.63) is 34.9 Å². The first-order chi connectivity index (χ1) is 7.80. The van der Waals surface area contributed by atoms with Gasteiger partial charge in [0.25, 0.3) is 0 Å². The maximum absolute atomic E-state index is 11.6. The van der Waals surface area contributed by atoms with Crippen molar-refractivity contribution in [2.75, 3.05) is 6.26 Å². The van der Waals surface area contributed by atoms with Crippen LogP contribution in [-0.4, -0.2) is 25.5 Å². The van der Waals surface area contributed by atoms with E-state index in [0.717, 1.165) is 6.26 Å².